The van der Waals surface area contributed by atoms with Crippen LogP contribution in [0.3, 0.4) is 0 Å². The number of ether oxygens (including phenoxy) is 2. The molecule has 0 atom stereocenters. The van der Waals surface area contributed by atoms with Crippen molar-refractivity contribution in [1.29, 1.82) is 0 Å². The van der Waals surface area contributed by atoms with Gasteiger partial charge in [-0.2, -0.15) is 0 Å². The van der Waals surface area contributed by atoms with Crippen LogP contribution in [0.15, 0.2) is 0 Å². The SMILES string of the molecule is COC(OC)C(=O)CCCC(C)C. The van der Waals surface area contributed by atoms with Gasteiger partial charge in [-0.05, 0) is 12.3 Å². The van der Waals surface area contributed by atoms with E-state index in [-0.39, 0.29) is 5.78 Å². The van der Waals surface area contributed by atoms with Crippen molar-refractivity contribution in [3.05, 3.63) is 0 Å². The lowest BCUT2D eigenvalue weighted by molar-refractivity contribution is -0.156. The summed E-state index contributed by atoms with van der Waals surface area (Å²) in [5.41, 5.74) is 0. The molecule has 0 aliphatic heterocycles. The molecule has 0 spiro atoms. The summed E-state index contributed by atoms with van der Waals surface area (Å²) in [5, 5.41) is 0. The number of rotatable bonds is 7. The Morgan fingerprint density at radius 1 is 1.23 bits per heavy atom. The van der Waals surface area contributed by atoms with E-state index in [0.717, 1.165) is 12.8 Å². The minimum absolute atomic E-state index is 0.0330. The zero-order chi connectivity index (χ0) is 10.3. The maximum absolute atomic E-state index is 11.3. The molecule has 0 aromatic carbocycles. The van der Waals surface area contributed by atoms with E-state index < -0.39 is 6.29 Å². The number of carbonyl (C=O) groups excluding carboxylic acids is 1. The molecule has 13 heavy (non-hydrogen) atoms. The van der Waals surface area contributed by atoms with Crippen LogP contribution in [0.5, 0.6) is 0 Å². The monoisotopic (exact) mass is 188 g/mol. The van der Waals surface area contributed by atoms with E-state index in [0.29, 0.717) is 12.3 Å². The Bertz CT molecular complexity index is 139. The molecule has 0 fully saturated rings. The van der Waals surface area contributed by atoms with Gasteiger partial charge >= 0.3 is 0 Å². The van der Waals surface area contributed by atoms with Crippen LogP contribution in [0, 0.1) is 5.92 Å². The molecule has 0 rings (SSSR count). The second-order valence-electron chi connectivity index (χ2n) is 3.56. The molecule has 3 nitrogen and oxygen atoms in total. The summed E-state index contributed by atoms with van der Waals surface area (Å²) in [6, 6.07) is 0. The van der Waals surface area contributed by atoms with Crippen LogP contribution in [0.25, 0.3) is 0 Å². The lowest BCUT2D eigenvalue weighted by atomic mass is 10.0. The summed E-state index contributed by atoms with van der Waals surface area (Å²) in [6.45, 7) is 4.29. The first-order valence-corrected chi connectivity index (χ1v) is 4.70. The molecule has 0 heterocycles. The third kappa shape index (κ3) is 5.77. The molecular weight excluding hydrogens is 168 g/mol. The minimum atomic E-state index is -0.674. The molecule has 0 aliphatic rings. The zero-order valence-corrected chi connectivity index (χ0v) is 9.00. The smallest absolute Gasteiger partial charge is 0.217 e. The predicted octanol–water partition coefficient (Wildman–Crippen LogP) is 2.00. The van der Waals surface area contributed by atoms with Crippen molar-refractivity contribution in [3.63, 3.8) is 0 Å². The van der Waals surface area contributed by atoms with Crippen LogP contribution in [0.1, 0.15) is 33.1 Å². The van der Waals surface area contributed by atoms with Gasteiger partial charge in [0.1, 0.15) is 0 Å². The average Bonchev–Trinajstić information content (AvgIpc) is 2.05. The predicted molar refractivity (Wildman–Crippen MR) is 51.5 cm³/mol. The van der Waals surface area contributed by atoms with Gasteiger partial charge in [-0.1, -0.05) is 20.3 Å². The van der Waals surface area contributed by atoms with Gasteiger partial charge in [0.05, 0.1) is 0 Å². The van der Waals surface area contributed by atoms with Crippen LogP contribution in [0.2, 0.25) is 0 Å². The molecule has 0 N–H and O–H groups in total. The summed E-state index contributed by atoms with van der Waals surface area (Å²) in [6.07, 6.45) is 1.86. The lowest BCUT2D eigenvalue weighted by Gasteiger charge is -2.11. The number of carbonyl (C=O) groups is 1. The summed E-state index contributed by atoms with van der Waals surface area (Å²) in [7, 11) is 2.96. The molecule has 0 amide bonds. The van der Waals surface area contributed by atoms with Crippen molar-refractivity contribution < 1.29 is 14.3 Å². The number of ketones is 1. The standard InChI is InChI=1S/C10H20O3/c1-8(2)6-5-7-9(11)10(12-3)13-4/h8,10H,5-7H2,1-4H3. The van der Waals surface area contributed by atoms with E-state index in [2.05, 4.69) is 13.8 Å². The number of hydrogen-bond donors (Lipinski definition) is 0. The Morgan fingerprint density at radius 3 is 2.15 bits per heavy atom. The molecule has 0 bridgehead atoms. The summed E-state index contributed by atoms with van der Waals surface area (Å²) < 4.78 is 9.69. The summed E-state index contributed by atoms with van der Waals surface area (Å²) >= 11 is 0. The Morgan fingerprint density at radius 2 is 1.77 bits per heavy atom. The minimum Gasteiger partial charge on any atom is -0.349 e. The van der Waals surface area contributed by atoms with Crippen molar-refractivity contribution in [2.45, 2.75) is 39.4 Å². The Balaban J connectivity index is 3.60. The van der Waals surface area contributed by atoms with E-state index in [1.807, 2.05) is 0 Å². The van der Waals surface area contributed by atoms with Gasteiger partial charge in [0, 0.05) is 20.6 Å². The fourth-order valence-corrected chi connectivity index (χ4v) is 1.16. The van der Waals surface area contributed by atoms with Gasteiger partial charge < -0.3 is 9.47 Å². The molecule has 0 radical (unpaired) electrons. The van der Waals surface area contributed by atoms with Gasteiger partial charge in [-0.15, -0.1) is 0 Å². The van der Waals surface area contributed by atoms with Crippen LogP contribution >= 0.6 is 0 Å². The van der Waals surface area contributed by atoms with E-state index in [4.69, 9.17) is 9.47 Å². The molecule has 0 saturated heterocycles. The van der Waals surface area contributed by atoms with Gasteiger partial charge in [0.25, 0.3) is 0 Å². The molecule has 3 heteroatoms. The number of methoxy groups -OCH3 is 2. The highest BCUT2D eigenvalue weighted by Crippen LogP contribution is 2.08. The second kappa shape index (κ2) is 7.04. The molecule has 0 unspecified atom stereocenters. The normalized spacial score (nSPS) is 11.2. The van der Waals surface area contributed by atoms with E-state index in [1.165, 1.54) is 14.2 Å². The first-order valence-electron chi connectivity index (χ1n) is 4.70. The number of Topliss-reactive ketones (excluding diaryl/α,β-unsaturated/α-hetero) is 1. The Kier molecular flexibility index (Phi) is 6.82. The third-order valence-electron chi connectivity index (χ3n) is 1.90. The highest BCUT2D eigenvalue weighted by molar-refractivity contribution is 5.81. The van der Waals surface area contributed by atoms with Crippen LogP contribution in [-0.2, 0) is 14.3 Å². The molecule has 0 aromatic heterocycles. The highest BCUT2D eigenvalue weighted by Gasteiger charge is 2.15. The second-order valence-corrected chi connectivity index (χ2v) is 3.56. The highest BCUT2D eigenvalue weighted by atomic mass is 16.7. The quantitative estimate of drug-likeness (QED) is 0.573. The van der Waals surface area contributed by atoms with Crippen molar-refractivity contribution in [2.24, 2.45) is 5.92 Å². The van der Waals surface area contributed by atoms with Gasteiger partial charge in [0.2, 0.25) is 6.29 Å². The number of hydrogen-bond acceptors (Lipinski definition) is 3. The van der Waals surface area contributed by atoms with E-state index in [1.54, 1.807) is 0 Å². The van der Waals surface area contributed by atoms with Crippen LogP contribution in [0.4, 0.5) is 0 Å². The Hall–Kier alpha value is -0.410. The van der Waals surface area contributed by atoms with E-state index in [9.17, 15) is 4.79 Å². The van der Waals surface area contributed by atoms with E-state index >= 15 is 0 Å². The fraction of sp³-hybridized carbons (Fsp3) is 0.900. The average molecular weight is 188 g/mol. The zero-order valence-electron chi connectivity index (χ0n) is 9.00. The molecular formula is C10H20O3. The maximum atomic E-state index is 11.3. The maximum Gasteiger partial charge on any atom is 0.217 e. The lowest BCUT2D eigenvalue weighted by Crippen LogP contribution is -2.24. The summed E-state index contributed by atoms with van der Waals surface area (Å²) in [4.78, 5) is 11.3. The topological polar surface area (TPSA) is 35.5 Å². The van der Waals surface area contributed by atoms with Crippen molar-refractivity contribution in [2.75, 3.05) is 14.2 Å². The van der Waals surface area contributed by atoms with Gasteiger partial charge in [-0.3, -0.25) is 4.79 Å². The Labute approximate surface area is 80.4 Å². The molecule has 0 aliphatic carbocycles. The molecule has 0 aromatic rings. The summed E-state index contributed by atoms with van der Waals surface area (Å²) in [5.74, 6) is 0.682. The third-order valence-corrected chi connectivity index (χ3v) is 1.90. The fourth-order valence-electron chi connectivity index (χ4n) is 1.16. The molecule has 78 valence electrons. The van der Waals surface area contributed by atoms with Crippen molar-refractivity contribution in [3.8, 4) is 0 Å². The first-order chi connectivity index (χ1) is 6.11. The van der Waals surface area contributed by atoms with Gasteiger partial charge in [0.15, 0.2) is 5.78 Å². The van der Waals surface area contributed by atoms with Crippen LogP contribution in [-0.4, -0.2) is 26.3 Å². The largest absolute Gasteiger partial charge is 0.349 e. The van der Waals surface area contributed by atoms with Gasteiger partial charge in [-0.25, -0.2) is 0 Å². The molecule has 0 saturated carbocycles. The van der Waals surface area contributed by atoms with Crippen molar-refractivity contribution in [1.82, 2.24) is 0 Å². The van der Waals surface area contributed by atoms with Crippen molar-refractivity contribution >= 4 is 5.78 Å². The van der Waals surface area contributed by atoms with Crippen LogP contribution < -0.4 is 0 Å². The first kappa shape index (κ1) is 12.6.